The Morgan fingerprint density at radius 1 is 1.21 bits per heavy atom. The van der Waals surface area contributed by atoms with Crippen molar-refractivity contribution in [1.82, 2.24) is 14.3 Å². The first-order valence-electron chi connectivity index (χ1n) is 7.16. The van der Waals surface area contributed by atoms with E-state index in [9.17, 15) is 8.42 Å². The molecular formula is C12H25N3O3S. The minimum absolute atomic E-state index is 0.0438. The minimum Gasteiger partial charge on any atom is -0.377 e. The molecule has 0 aromatic carbocycles. The number of nitrogens with one attached hydrogen (secondary N) is 2. The lowest BCUT2D eigenvalue weighted by atomic mass is 10.1. The van der Waals surface area contributed by atoms with Crippen molar-refractivity contribution in [2.75, 3.05) is 33.3 Å². The quantitative estimate of drug-likeness (QED) is 0.727. The largest absolute Gasteiger partial charge is 0.377 e. The van der Waals surface area contributed by atoms with Crippen molar-refractivity contribution >= 4 is 10.2 Å². The average molecular weight is 291 g/mol. The summed E-state index contributed by atoms with van der Waals surface area (Å²) in [6.45, 7) is 2.47. The fourth-order valence-electron chi connectivity index (χ4n) is 2.82. The Morgan fingerprint density at radius 2 is 2.05 bits per heavy atom. The molecule has 6 nitrogen and oxygen atoms in total. The van der Waals surface area contributed by atoms with E-state index in [4.69, 9.17) is 4.74 Å². The van der Waals surface area contributed by atoms with Crippen molar-refractivity contribution < 1.29 is 13.2 Å². The lowest BCUT2D eigenvalue weighted by Gasteiger charge is -2.34. The maximum Gasteiger partial charge on any atom is 0.279 e. The summed E-state index contributed by atoms with van der Waals surface area (Å²) in [6, 6.07) is 0.0701. The highest BCUT2D eigenvalue weighted by Crippen LogP contribution is 2.19. The summed E-state index contributed by atoms with van der Waals surface area (Å²) < 4.78 is 34.5. The molecule has 2 atom stereocenters. The molecule has 0 bridgehead atoms. The third-order valence-corrected chi connectivity index (χ3v) is 5.47. The number of hydrogen-bond donors (Lipinski definition) is 2. The van der Waals surface area contributed by atoms with Gasteiger partial charge in [0, 0.05) is 32.3 Å². The van der Waals surface area contributed by atoms with E-state index in [1.54, 1.807) is 4.31 Å². The van der Waals surface area contributed by atoms with Crippen molar-refractivity contribution in [2.45, 2.75) is 44.2 Å². The molecule has 0 saturated carbocycles. The van der Waals surface area contributed by atoms with E-state index in [1.165, 1.54) is 0 Å². The van der Waals surface area contributed by atoms with Crippen LogP contribution in [0.15, 0.2) is 0 Å². The predicted octanol–water partition coefficient (Wildman–Crippen LogP) is 0.0737. The van der Waals surface area contributed by atoms with Gasteiger partial charge in [0.2, 0.25) is 0 Å². The van der Waals surface area contributed by atoms with Gasteiger partial charge >= 0.3 is 0 Å². The molecule has 2 heterocycles. The van der Waals surface area contributed by atoms with Crippen molar-refractivity contribution in [3.8, 4) is 0 Å². The Morgan fingerprint density at radius 3 is 2.74 bits per heavy atom. The van der Waals surface area contributed by atoms with Crippen molar-refractivity contribution in [1.29, 1.82) is 0 Å². The van der Waals surface area contributed by atoms with Crippen LogP contribution in [0.3, 0.4) is 0 Å². The normalized spacial score (nSPS) is 29.7. The highest BCUT2D eigenvalue weighted by molar-refractivity contribution is 7.87. The van der Waals surface area contributed by atoms with Gasteiger partial charge < -0.3 is 10.1 Å². The van der Waals surface area contributed by atoms with Crippen LogP contribution in [0.5, 0.6) is 0 Å². The second-order valence-corrected chi connectivity index (χ2v) is 7.01. The molecule has 0 spiro atoms. The molecule has 2 fully saturated rings. The molecule has 0 aliphatic carbocycles. The SMILES string of the molecule is CNCC1CCCCN1S(=O)(=O)NCC1CCCO1. The van der Waals surface area contributed by atoms with Crippen molar-refractivity contribution in [3.05, 3.63) is 0 Å². The molecule has 2 aliphatic heterocycles. The first-order chi connectivity index (χ1) is 9.13. The fraction of sp³-hybridized carbons (Fsp3) is 1.00. The molecule has 0 aromatic rings. The lowest BCUT2D eigenvalue weighted by molar-refractivity contribution is 0.113. The summed E-state index contributed by atoms with van der Waals surface area (Å²) in [5.74, 6) is 0. The zero-order chi connectivity index (χ0) is 13.7. The van der Waals surface area contributed by atoms with Gasteiger partial charge in [-0.15, -0.1) is 0 Å². The van der Waals surface area contributed by atoms with Crippen LogP contribution in [0, 0.1) is 0 Å². The maximum atomic E-state index is 12.4. The van der Waals surface area contributed by atoms with Gasteiger partial charge in [0.05, 0.1) is 6.10 Å². The molecule has 2 N–H and O–H groups in total. The van der Waals surface area contributed by atoms with Crippen LogP contribution in [0.25, 0.3) is 0 Å². The molecule has 112 valence electrons. The van der Waals surface area contributed by atoms with E-state index >= 15 is 0 Å². The van der Waals surface area contributed by atoms with Crippen LogP contribution in [0.2, 0.25) is 0 Å². The van der Waals surface area contributed by atoms with Gasteiger partial charge in [-0.05, 0) is 32.7 Å². The zero-order valence-electron chi connectivity index (χ0n) is 11.6. The Bertz CT molecular complexity index is 366. The summed E-state index contributed by atoms with van der Waals surface area (Å²) in [7, 11) is -1.52. The molecule has 0 amide bonds. The summed E-state index contributed by atoms with van der Waals surface area (Å²) in [4.78, 5) is 0. The smallest absolute Gasteiger partial charge is 0.279 e. The van der Waals surface area contributed by atoms with Crippen molar-refractivity contribution in [2.24, 2.45) is 0 Å². The summed E-state index contributed by atoms with van der Waals surface area (Å²) in [5.41, 5.74) is 0. The average Bonchev–Trinajstić information content (AvgIpc) is 2.91. The van der Waals surface area contributed by atoms with Gasteiger partial charge in [-0.25, -0.2) is 0 Å². The predicted molar refractivity (Wildman–Crippen MR) is 74.2 cm³/mol. The summed E-state index contributed by atoms with van der Waals surface area (Å²) in [5, 5.41) is 3.08. The third kappa shape index (κ3) is 4.13. The molecule has 19 heavy (non-hydrogen) atoms. The van der Waals surface area contributed by atoms with Gasteiger partial charge in [-0.2, -0.15) is 17.4 Å². The van der Waals surface area contributed by atoms with Gasteiger partial charge in [0.1, 0.15) is 0 Å². The van der Waals surface area contributed by atoms with E-state index < -0.39 is 10.2 Å². The number of rotatable bonds is 6. The van der Waals surface area contributed by atoms with E-state index in [0.717, 1.165) is 38.7 Å². The Hall–Kier alpha value is -0.210. The van der Waals surface area contributed by atoms with Crippen LogP contribution in [0.1, 0.15) is 32.1 Å². The van der Waals surface area contributed by atoms with Crippen LogP contribution in [-0.4, -0.2) is 58.2 Å². The molecule has 2 aliphatic rings. The van der Waals surface area contributed by atoms with Crippen LogP contribution in [0.4, 0.5) is 0 Å². The fourth-order valence-corrected chi connectivity index (χ4v) is 4.32. The highest BCUT2D eigenvalue weighted by atomic mass is 32.2. The molecule has 0 radical (unpaired) electrons. The third-order valence-electron chi connectivity index (χ3n) is 3.84. The van der Waals surface area contributed by atoms with Gasteiger partial charge in [0.25, 0.3) is 10.2 Å². The Balaban J connectivity index is 1.91. The number of hydrogen-bond acceptors (Lipinski definition) is 4. The molecule has 2 rings (SSSR count). The standard InChI is InChI=1S/C12H25N3O3S/c1-13-9-11-5-2-3-7-15(11)19(16,17)14-10-12-6-4-8-18-12/h11-14H,2-10H2,1H3. The number of ether oxygens (including phenoxy) is 1. The van der Waals surface area contributed by atoms with Gasteiger partial charge in [-0.1, -0.05) is 6.42 Å². The Labute approximate surface area is 116 Å². The lowest BCUT2D eigenvalue weighted by Crippen LogP contribution is -2.53. The van der Waals surface area contributed by atoms with Gasteiger partial charge in [0.15, 0.2) is 0 Å². The summed E-state index contributed by atoms with van der Waals surface area (Å²) in [6.07, 6.45) is 5.00. The molecule has 0 aromatic heterocycles. The second-order valence-electron chi connectivity index (χ2n) is 5.31. The van der Waals surface area contributed by atoms with E-state index in [1.807, 2.05) is 7.05 Å². The number of piperidine rings is 1. The summed E-state index contributed by atoms with van der Waals surface area (Å²) >= 11 is 0. The minimum atomic E-state index is -3.38. The van der Waals surface area contributed by atoms with Crippen LogP contribution in [-0.2, 0) is 14.9 Å². The number of nitrogens with zero attached hydrogens (tertiary/aromatic N) is 1. The highest BCUT2D eigenvalue weighted by Gasteiger charge is 2.32. The monoisotopic (exact) mass is 291 g/mol. The topological polar surface area (TPSA) is 70.7 Å². The molecule has 2 saturated heterocycles. The molecular weight excluding hydrogens is 266 g/mol. The van der Waals surface area contributed by atoms with Crippen LogP contribution >= 0.6 is 0 Å². The molecule has 7 heteroatoms. The van der Waals surface area contributed by atoms with E-state index in [0.29, 0.717) is 19.6 Å². The van der Waals surface area contributed by atoms with Gasteiger partial charge in [-0.3, -0.25) is 0 Å². The Kier molecular flexibility index (Phi) is 5.58. The van der Waals surface area contributed by atoms with Crippen LogP contribution < -0.4 is 10.0 Å². The number of likely N-dealkylation sites (N-methyl/N-ethyl adjacent to an activating group) is 1. The van der Waals surface area contributed by atoms with E-state index in [2.05, 4.69) is 10.0 Å². The second kappa shape index (κ2) is 6.99. The maximum absolute atomic E-state index is 12.4. The first-order valence-corrected chi connectivity index (χ1v) is 8.60. The van der Waals surface area contributed by atoms with E-state index in [-0.39, 0.29) is 12.1 Å². The zero-order valence-corrected chi connectivity index (χ0v) is 12.4. The first kappa shape index (κ1) is 15.2. The molecule has 2 unspecified atom stereocenters. The van der Waals surface area contributed by atoms with Crippen molar-refractivity contribution in [3.63, 3.8) is 0 Å².